The number of carbonyl (C=O) groups is 1. The number of ether oxygens (including phenoxy) is 2. The fourth-order valence-corrected chi connectivity index (χ4v) is 2.42. The molecule has 0 atom stereocenters. The number of aromatic nitrogens is 2. The highest BCUT2D eigenvalue weighted by molar-refractivity contribution is 5.93. The highest BCUT2D eigenvalue weighted by Gasteiger charge is 2.13. The van der Waals surface area contributed by atoms with Crippen molar-refractivity contribution < 1.29 is 14.3 Å². The molecule has 0 unspecified atom stereocenters. The average Bonchev–Trinajstić information content (AvgIpc) is 2.54. The molecule has 3 rings (SSSR count). The highest BCUT2D eigenvalue weighted by atomic mass is 35.5. The summed E-state index contributed by atoms with van der Waals surface area (Å²) in [5, 5.41) is 4.01. The van der Waals surface area contributed by atoms with Crippen molar-refractivity contribution in [3.63, 3.8) is 0 Å². The lowest BCUT2D eigenvalue weighted by Crippen LogP contribution is -2.04. The van der Waals surface area contributed by atoms with Crippen molar-refractivity contribution >= 4 is 40.8 Å². The summed E-state index contributed by atoms with van der Waals surface area (Å²) >= 11 is 0. The van der Waals surface area contributed by atoms with Gasteiger partial charge in [0.1, 0.15) is 12.1 Å². The van der Waals surface area contributed by atoms with Crippen LogP contribution in [0.4, 0.5) is 11.5 Å². The van der Waals surface area contributed by atoms with Crippen molar-refractivity contribution in [3.8, 4) is 11.5 Å². The van der Waals surface area contributed by atoms with Crippen molar-refractivity contribution in [2.75, 3.05) is 12.4 Å². The first-order chi connectivity index (χ1) is 11.6. The molecule has 0 aliphatic heterocycles. The summed E-state index contributed by atoms with van der Waals surface area (Å²) in [6.45, 7) is 3.37. The van der Waals surface area contributed by atoms with Gasteiger partial charge in [-0.3, -0.25) is 4.79 Å². The minimum Gasteiger partial charge on any atom is -0.493 e. The number of rotatable bonds is 4. The van der Waals surface area contributed by atoms with Crippen LogP contribution in [0.2, 0.25) is 0 Å². The van der Waals surface area contributed by atoms with Gasteiger partial charge >= 0.3 is 5.97 Å². The smallest absolute Gasteiger partial charge is 0.308 e. The Labute approximate surface area is 151 Å². The maximum Gasteiger partial charge on any atom is 0.308 e. The number of anilines is 2. The minimum atomic E-state index is -0.419. The van der Waals surface area contributed by atoms with Crippen LogP contribution in [0.3, 0.4) is 0 Å². The van der Waals surface area contributed by atoms with Gasteiger partial charge in [0.05, 0.1) is 12.6 Å². The van der Waals surface area contributed by atoms with Gasteiger partial charge < -0.3 is 14.8 Å². The van der Waals surface area contributed by atoms with E-state index in [2.05, 4.69) is 15.3 Å². The quantitative estimate of drug-likeness (QED) is 0.560. The SMILES string of the molecule is COc1cc2ncnc(Nc3cccc(C)c3)c2cc1OC(C)=O.Cl. The number of hydrogen-bond donors (Lipinski definition) is 1. The zero-order chi connectivity index (χ0) is 17.1. The topological polar surface area (TPSA) is 73.3 Å². The molecule has 7 heteroatoms. The summed E-state index contributed by atoms with van der Waals surface area (Å²) < 4.78 is 10.5. The van der Waals surface area contributed by atoms with Gasteiger partial charge in [-0.1, -0.05) is 12.1 Å². The number of benzene rings is 2. The molecule has 0 aliphatic carbocycles. The molecule has 3 aromatic rings. The molecule has 1 N–H and O–H groups in total. The van der Waals surface area contributed by atoms with Gasteiger partial charge in [0.25, 0.3) is 0 Å². The number of halogens is 1. The summed E-state index contributed by atoms with van der Waals surface area (Å²) in [4.78, 5) is 19.9. The maximum absolute atomic E-state index is 11.3. The molecule has 130 valence electrons. The first-order valence-corrected chi connectivity index (χ1v) is 7.41. The van der Waals surface area contributed by atoms with Gasteiger partial charge in [-0.25, -0.2) is 9.97 Å². The molecule has 0 saturated heterocycles. The number of methoxy groups -OCH3 is 1. The number of nitrogens with one attached hydrogen (secondary N) is 1. The Morgan fingerprint density at radius 1 is 1.12 bits per heavy atom. The third-order valence-corrected chi connectivity index (χ3v) is 3.46. The number of aryl methyl sites for hydroxylation is 1. The van der Waals surface area contributed by atoms with E-state index in [0.29, 0.717) is 22.8 Å². The van der Waals surface area contributed by atoms with Crippen LogP contribution in [0.5, 0.6) is 11.5 Å². The van der Waals surface area contributed by atoms with Gasteiger partial charge in [-0.15, -0.1) is 12.4 Å². The van der Waals surface area contributed by atoms with Crippen LogP contribution in [-0.4, -0.2) is 23.0 Å². The van der Waals surface area contributed by atoms with Crippen molar-refractivity contribution in [1.82, 2.24) is 9.97 Å². The van der Waals surface area contributed by atoms with E-state index in [9.17, 15) is 4.79 Å². The van der Waals surface area contributed by atoms with Crippen LogP contribution in [0.15, 0.2) is 42.7 Å². The maximum atomic E-state index is 11.3. The summed E-state index contributed by atoms with van der Waals surface area (Å²) in [7, 11) is 1.52. The Morgan fingerprint density at radius 2 is 1.92 bits per heavy atom. The van der Waals surface area contributed by atoms with E-state index in [1.165, 1.54) is 20.4 Å². The fourth-order valence-electron chi connectivity index (χ4n) is 2.42. The van der Waals surface area contributed by atoms with Gasteiger partial charge in [-0.2, -0.15) is 0 Å². The Hall–Kier alpha value is -2.86. The lowest BCUT2D eigenvalue weighted by atomic mass is 10.2. The summed E-state index contributed by atoms with van der Waals surface area (Å²) in [6.07, 6.45) is 1.48. The van der Waals surface area contributed by atoms with Crippen molar-refractivity contribution in [3.05, 3.63) is 48.3 Å². The lowest BCUT2D eigenvalue weighted by molar-refractivity contribution is -0.132. The van der Waals surface area contributed by atoms with Crippen LogP contribution < -0.4 is 14.8 Å². The average molecular weight is 360 g/mol. The Balaban J connectivity index is 0.00000225. The zero-order valence-corrected chi connectivity index (χ0v) is 14.9. The molecule has 0 bridgehead atoms. The molecule has 25 heavy (non-hydrogen) atoms. The normalized spacial score (nSPS) is 10.0. The summed E-state index contributed by atoms with van der Waals surface area (Å²) in [6, 6.07) is 11.4. The second kappa shape index (κ2) is 7.81. The second-order valence-corrected chi connectivity index (χ2v) is 5.33. The van der Waals surface area contributed by atoms with Gasteiger partial charge in [0.15, 0.2) is 11.5 Å². The predicted octanol–water partition coefficient (Wildman–Crippen LogP) is 4.04. The molecular weight excluding hydrogens is 342 g/mol. The van der Waals surface area contributed by atoms with Crippen molar-refractivity contribution in [2.24, 2.45) is 0 Å². The third-order valence-electron chi connectivity index (χ3n) is 3.46. The van der Waals surface area contributed by atoms with Crippen molar-refractivity contribution in [2.45, 2.75) is 13.8 Å². The highest BCUT2D eigenvalue weighted by Crippen LogP contribution is 2.34. The number of fused-ring (bicyclic) bond motifs is 1. The number of hydrogen-bond acceptors (Lipinski definition) is 6. The molecule has 1 heterocycles. The van der Waals surface area contributed by atoms with E-state index in [0.717, 1.165) is 16.6 Å². The van der Waals surface area contributed by atoms with Crippen LogP contribution in [-0.2, 0) is 4.79 Å². The van der Waals surface area contributed by atoms with Crippen LogP contribution >= 0.6 is 12.4 Å². The summed E-state index contributed by atoms with van der Waals surface area (Å²) in [5.74, 6) is 0.983. The van der Waals surface area contributed by atoms with Crippen molar-refractivity contribution in [1.29, 1.82) is 0 Å². The van der Waals surface area contributed by atoms with Gasteiger partial charge in [-0.05, 0) is 30.7 Å². The summed E-state index contributed by atoms with van der Waals surface area (Å²) in [5.41, 5.74) is 2.74. The van der Waals surface area contributed by atoms with E-state index < -0.39 is 5.97 Å². The standard InChI is InChI=1S/C18H17N3O3.ClH/c1-11-5-4-6-13(7-11)21-18-14-8-17(24-12(2)22)16(23-3)9-15(14)19-10-20-18;/h4-10H,1-3H3,(H,19,20,21);1H. The van der Waals surface area contributed by atoms with E-state index in [1.807, 2.05) is 31.2 Å². The molecule has 1 aromatic heterocycles. The fraction of sp³-hybridized carbons (Fsp3) is 0.167. The van der Waals surface area contributed by atoms with Gasteiger partial charge in [0, 0.05) is 24.1 Å². The van der Waals surface area contributed by atoms with E-state index in [4.69, 9.17) is 9.47 Å². The second-order valence-electron chi connectivity index (χ2n) is 5.33. The number of esters is 1. The zero-order valence-electron chi connectivity index (χ0n) is 14.1. The lowest BCUT2D eigenvalue weighted by Gasteiger charge is -2.12. The van der Waals surface area contributed by atoms with Gasteiger partial charge in [0.2, 0.25) is 0 Å². The first-order valence-electron chi connectivity index (χ1n) is 7.41. The third kappa shape index (κ3) is 4.16. The van der Waals surface area contributed by atoms with Crippen LogP contribution in [0.25, 0.3) is 10.9 Å². The predicted molar refractivity (Wildman–Crippen MR) is 99.1 cm³/mol. The molecule has 6 nitrogen and oxygen atoms in total. The molecule has 0 aliphatic rings. The molecule has 0 saturated carbocycles. The number of carbonyl (C=O) groups excluding carboxylic acids is 1. The molecule has 0 spiro atoms. The molecule has 2 aromatic carbocycles. The Kier molecular flexibility index (Phi) is 5.77. The van der Waals surface area contributed by atoms with E-state index in [-0.39, 0.29) is 12.4 Å². The largest absolute Gasteiger partial charge is 0.493 e. The Morgan fingerprint density at radius 3 is 2.60 bits per heavy atom. The van der Waals surface area contributed by atoms with Crippen LogP contribution in [0, 0.1) is 6.92 Å². The van der Waals surface area contributed by atoms with E-state index in [1.54, 1.807) is 12.1 Å². The molecule has 0 radical (unpaired) electrons. The van der Waals surface area contributed by atoms with E-state index >= 15 is 0 Å². The Bertz CT molecular complexity index is 915. The minimum absolute atomic E-state index is 0. The molecular formula is C18H18ClN3O3. The first kappa shape index (κ1) is 18.5. The number of nitrogens with zero attached hydrogens (tertiary/aromatic N) is 2. The molecule has 0 fully saturated rings. The monoisotopic (exact) mass is 359 g/mol. The molecule has 0 amide bonds. The van der Waals surface area contributed by atoms with Crippen LogP contribution in [0.1, 0.15) is 12.5 Å².